The minimum absolute atomic E-state index is 2.19. The van der Waals surface area contributed by atoms with E-state index in [2.05, 4.69) is 4.74 Å². The van der Waals surface area contributed by atoms with Gasteiger partial charge in [-0.3, -0.25) is 0 Å². The smallest absolute Gasteiger partial charge is 0.340 e. The predicted octanol–water partition coefficient (Wildman–Crippen LogP) is 1.21. The summed E-state index contributed by atoms with van der Waals surface area (Å²) in [7, 11) is -7.16. The first kappa shape index (κ1) is 12.9. The maximum atomic E-state index is 11.7. The quantitative estimate of drug-likeness (QED) is 0.562. The highest BCUT2D eigenvalue weighted by atomic mass is 32.2. The van der Waals surface area contributed by atoms with Crippen molar-refractivity contribution in [2.75, 3.05) is 0 Å². The van der Waals surface area contributed by atoms with Crippen LogP contribution < -0.4 is 0 Å². The van der Waals surface area contributed by atoms with Gasteiger partial charge in [-0.1, -0.05) is 0 Å². The third-order valence-corrected chi connectivity index (χ3v) is 3.94. The average molecular weight is 276 g/mol. The molecule has 15 heavy (non-hydrogen) atoms. The number of ether oxygens (including phenoxy) is 1. The predicted molar refractivity (Wildman–Crippen MR) is 37.1 cm³/mol. The van der Waals surface area contributed by atoms with E-state index in [1.54, 1.807) is 0 Å². The lowest BCUT2D eigenvalue weighted by Gasteiger charge is -2.04. The van der Waals surface area contributed by atoms with E-state index < -0.39 is 43.5 Å². The van der Waals surface area contributed by atoms with Gasteiger partial charge in [-0.2, -0.15) is 26.3 Å². The van der Waals surface area contributed by atoms with E-state index in [0.717, 1.165) is 0 Å². The molecule has 0 aromatic carbocycles. The van der Waals surface area contributed by atoms with Gasteiger partial charge in [0, 0.05) is 0 Å². The lowest BCUT2D eigenvalue weighted by molar-refractivity contribution is -0.0401. The molecule has 0 aliphatic carbocycles. The number of epoxide rings is 1. The first-order valence-electron chi connectivity index (χ1n) is 3.15. The van der Waals surface area contributed by atoms with Crippen molar-refractivity contribution in [3.05, 3.63) is 0 Å². The first-order chi connectivity index (χ1) is 6.55. The SMILES string of the molecule is O=S(C1OC1S(=O)C(F)(F)F)C(F)(F)F. The molecular weight excluding hydrogens is 274 g/mol. The Labute approximate surface area is 83.7 Å². The Bertz CT molecular complexity index is 278. The molecule has 1 fully saturated rings. The van der Waals surface area contributed by atoms with Gasteiger partial charge in [0.2, 0.25) is 0 Å². The second-order valence-corrected chi connectivity index (χ2v) is 5.40. The minimum Gasteiger partial charge on any atom is -0.340 e. The molecule has 1 saturated heterocycles. The zero-order chi connectivity index (χ0) is 12.0. The number of hydrogen-bond donors (Lipinski definition) is 0. The lowest BCUT2D eigenvalue weighted by Crippen LogP contribution is -2.26. The van der Waals surface area contributed by atoms with Crippen LogP contribution in [0.25, 0.3) is 0 Å². The maximum Gasteiger partial charge on any atom is 0.473 e. The molecule has 0 bridgehead atoms. The molecule has 1 rings (SSSR count). The van der Waals surface area contributed by atoms with Crippen LogP contribution in [0.15, 0.2) is 0 Å². The van der Waals surface area contributed by atoms with Crippen LogP contribution in [0.2, 0.25) is 0 Å². The second-order valence-electron chi connectivity index (χ2n) is 2.36. The fourth-order valence-electron chi connectivity index (χ4n) is 0.653. The van der Waals surface area contributed by atoms with E-state index in [9.17, 15) is 34.8 Å². The number of alkyl halides is 6. The van der Waals surface area contributed by atoms with E-state index in [1.807, 2.05) is 0 Å². The highest BCUT2D eigenvalue weighted by Crippen LogP contribution is 2.40. The Hall–Kier alpha value is -0.160. The monoisotopic (exact) mass is 276 g/mol. The van der Waals surface area contributed by atoms with Crippen LogP contribution in [0, 0.1) is 0 Å². The molecule has 0 spiro atoms. The zero-order valence-electron chi connectivity index (χ0n) is 6.46. The highest BCUT2D eigenvalue weighted by molar-refractivity contribution is 7.91. The molecule has 4 atom stereocenters. The fraction of sp³-hybridized carbons (Fsp3) is 1.00. The summed E-state index contributed by atoms with van der Waals surface area (Å²) in [6.07, 6.45) is 0. The molecule has 1 heterocycles. The highest BCUT2D eigenvalue weighted by Gasteiger charge is 2.62. The maximum absolute atomic E-state index is 11.7. The Morgan fingerprint density at radius 2 is 1.07 bits per heavy atom. The van der Waals surface area contributed by atoms with Gasteiger partial charge in [-0.15, -0.1) is 0 Å². The van der Waals surface area contributed by atoms with Crippen molar-refractivity contribution in [2.45, 2.75) is 21.9 Å². The van der Waals surface area contributed by atoms with E-state index >= 15 is 0 Å². The molecular formula is C4H2F6O3S2. The van der Waals surface area contributed by atoms with Gasteiger partial charge in [0.1, 0.15) is 0 Å². The van der Waals surface area contributed by atoms with Crippen molar-refractivity contribution >= 4 is 21.6 Å². The Morgan fingerprint density at radius 3 is 1.27 bits per heavy atom. The van der Waals surface area contributed by atoms with Crippen molar-refractivity contribution in [1.82, 2.24) is 0 Å². The molecule has 90 valence electrons. The van der Waals surface area contributed by atoms with Crippen LogP contribution in [0.1, 0.15) is 0 Å². The summed E-state index contributed by atoms with van der Waals surface area (Å²) in [6, 6.07) is 0. The molecule has 3 nitrogen and oxygen atoms in total. The second kappa shape index (κ2) is 3.70. The van der Waals surface area contributed by atoms with Crippen LogP contribution >= 0.6 is 0 Å². The molecule has 1 aliphatic heterocycles. The fourth-order valence-corrected chi connectivity index (χ4v) is 2.70. The van der Waals surface area contributed by atoms with Crippen LogP contribution in [0.3, 0.4) is 0 Å². The summed E-state index contributed by atoms with van der Waals surface area (Å²) in [5, 5.41) is 0. The van der Waals surface area contributed by atoms with Gasteiger partial charge in [-0.05, 0) is 0 Å². The van der Waals surface area contributed by atoms with E-state index in [-0.39, 0.29) is 0 Å². The van der Waals surface area contributed by atoms with Crippen molar-refractivity contribution < 1.29 is 39.5 Å². The molecule has 1 aliphatic rings. The van der Waals surface area contributed by atoms with E-state index in [1.165, 1.54) is 0 Å². The molecule has 0 N–H and O–H groups in total. The summed E-state index contributed by atoms with van der Waals surface area (Å²) >= 11 is 0. The molecule has 0 amide bonds. The minimum atomic E-state index is -5.17. The molecule has 0 saturated carbocycles. The Kier molecular flexibility index (Phi) is 3.18. The summed E-state index contributed by atoms with van der Waals surface area (Å²) < 4.78 is 95.0. The van der Waals surface area contributed by atoms with Crippen molar-refractivity contribution in [2.24, 2.45) is 0 Å². The number of rotatable bonds is 2. The molecule has 11 heteroatoms. The van der Waals surface area contributed by atoms with Gasteiger partial charge >= 0.3 is 11.0 Å². The lowest BCUT2D eigenvalue weighted by atomic mass is 11.0. The largest absolute Gasteiger partial charge is 0.473 e. The zero-order valence-corrected chi connectivity index (χ0v) is 8.10. The molecule has 0 radical (unpaired) electrons. The number of hydrogen-bond acceptors (Lipinski definition) is 3. The van der Waals surface area contributed by atoms with Crippen molar-refractivity contribution in [3.63, 3.8) is 0 Å². The van der Waals surface area contributed by atoms with Crippen LogP contribution in [0.5, 0.6) is 0 Å². The topological polar surface area (TPSA) is 46.7 Å². The van der Waals surface area contributed by atoms with Crippen molar-refractivity contribution in [1.29, 1.82) is 0 Å². The molecule has 4 unspecified atom stereocenters. The summed E-state index contributed by atoms with van der Waals surface area (Å²) in [5.41, 5.74) is -14.7. The van der Waals surface area contributed by atoms with E-state index in [0.29, 0.717) is 0 Å². The van der Waals surface area contributed by atoms with Gasteiger partial charge in [0.15, 0.2) is 32.5 Å². The van der Waals surface area contributed by atoms with Gasteiger partial charge in [-0.25, -0.2) is 8.42 Å². The molecule has 0 aromatic heterocycles. The summed E-state index contributed by atoms with van der Waals surface area (Å²) in [4.78, 5) is 0. The standard InChI is InChI=1S/C4H2F6O3S2/c5-3(6,7)14(11)1-2(13-1)15(12)4(8,9)10/h1-2H. The normalized spacial score (nSPS) is 31.1. The van der Waals surface area contributed by atoms with Gasteiger partial charge in [0.05, 0.1) is 0 Å². The average Bonchev–Trinajstić information content (AvgIpc) is 2.76. The Balaban J connectivity index is 2.63. The summed E-state index contributed by atoms with van der Waals surface area (Å²) in [5.74, 6) is 0. The number of halogens is 6. The van der Waals surface area contributed by atoms with Crippen LogP contribution in [-0.4, -0.2) is 30.3 Å². The third kappa shape index (κ3) is 2.91. The summed E-state index contributed by atoms with van der Waals surface area (Å²) in [6.45, 7) is 0. The molecule has 0 aromatic rings. The van der Waals surface area contributed by atoms with Crippen LogP contribution in [-0.2, 0) is 26.3 Å². The third-order valence-electron chi connectivity index (χ3n) is 1.29. The Morgan fingerprint density at radius 1 is 0.800 bits per heavy atom. The van der Waals surface area contributed by atoms with E-state index in [4.69, 9.17) is 0 Å². The van der Waals surface area contributed by atoms with Gasteiger partial charge in [0.25, 0.3) is 0 Å². The van der Waals surface area contributed by atoms with Crippen molar-refractivity contribution in [3.8, 4) is 0 Å². The van der Waals surface area contributed by atoms with Gasteiger partial charge < -0.3 is 4.74 Å². The van der Waals surface area contributed by atoms with Crippen LogP contribution in [0.4, 0.5) is 26.3 Å². The first-order valence-corrected chi connectivity index (χ1v) is 5.58.